The molecule has 24 heavy (non-hydrogen) atoms. The van der Waals surface area contributed by atoms with Crippen LogP contribution in [0.3, 0.4) is 0 Å². The molecule has 0 aliphatic heterocycles. The molecule has 0 spiro atoms. The molecule has 0 saturated heterocycles. The fourth-order valence-corrected chi connectivity index (χ4v) is 2.05. The average Bonchev–Trinajstić information content (AvgIpc) is 2.68. The highest BCUT2D eigenvalue weighted by Crippen LogP contribution is 2.14. The maximum Gasteiger partial charge on any atom is 0.113 e. The van der Waals surface area contributed by atoms with Gasteiger partial charge < -0.3 is 0 Å². The van der Waals surface area contributed by atoms with Crippen LogP contribution in [0.2, 0.25) is 0 Å². The Bertz CT molecular complexity index is 675. The summed E-state index contributed by atoms with van der Waals surface area (Å²) in [7, 11) is 5.68. The minimum Gasteiger partial charge on any atom is -0.252 e. The van der Waals surface area contributed by atoms with E-state index in [1.807, 2.05) is 84.0 Å². The zero-order valence-corrected chi connectivity index (χ0v) is 16.0. The molecule has 3 rings (SSSR count). The number of hydrogen-bond donors (Lipinski definition) is 0. The fraction of sp³-hybridized carbons (Fsp3) is 0.318. The van der Waals surface area contributed by atoms with Gasteiger partial charge in [0, 0.05) is 17.5 Å². The summed E-state index contributed by atoms with van der Waals surface area (Å²) in [5.41, 5.74) is 4.15. The van der Waals surface area contributed by atoms with Crippen LogP contribution in [0.15, 0.2) is 60.7 Å². The van der Waals surface area contributed by atoms with Crippen LogP contribution in [0.1, 0.15) is 52.8 Å². The second-order valence-electron chi connectivity index (χ2n) is 4.41. The highest BCUT2D eigenvalue weighted by atomic mass is 14.7. The number of aromatic nitrogens is 1. The number of pyridine rings is 1. The molecule has 0 unspecified atom stereocenters. The summed E-state index contributed by atoms with van der Waals surface area (Å²) in [5.74, 6) is 0. The number of fused-ring (bicyclic) bond motifs is 1. The Morgan fingerprint density at radius 3 is 1.92 bits per heavy atom. The molecule has 0 saturated carbocycles. The van der Waals surface area contributed by atoms with Crippen LogP contribution in [-0.4, -0.2) is 12.8 Å². The summed E-state index contributed by atoms with van der Waals surface area (Å²) in [6.07, 6.45) is 0.838. The second-order valence-corrected chi connectivity index (χ2v) is 4.41. The normalized spacial score (nSPS) is 8.75. The van der Waals surface area contributed by atoms with Gasteiger partial charge in [-0.2, -0.15) is 0 Å². The van der Waals surface area contributed by atoms with Crippen LogP contribution in [0.5, 0.6) is 0 Å². The Kier molecular flexibility index (Phi) is 12.2. The Morgan fingerprint density at radius 2 is 1.29 bits per heavy atom. The first kappa shape index (κ1) is 21.9. The average molecular weight is 319 g/mol. The molecule has 2 aromatic carbocycles. The highest BCUT2D eigenvalue weighted by molar-refractivity contribution is 6.32. The summed E-state index contributed by atoms with van der Waals surface area (Å²) in [5, 5.41) is 1.18. The largest absolute Gasteiger partial charge is 0.252 e. The smallest absolute Gasteiger partial charge is 0.113 e. The third-order valence-electron chi connectivity index (χ3n) is 3.02. The van der Waals surface area contributed by atoms with Gasteiger partial charge in [-0.1, -0.05) is 95.5 Å². The summed E-state index contributed by atoms with van der Waals surface area (Å²) >= 11 is 0. The minimum absolute atomic E-state index is 0.797. The lowest BCUT2D eigenvalue weighted by Crippen LogP contribution is -2.01. The summed E-state index contributed by atoms with van der Waals surface area (Å²) < 4.78 is 0. The molecule has 1 heterocycles. The molecule has 0 aliphatic rings. The van der Waals surface area contributed by atoms with Crippen molar-refractivity contribution in [2.24, 2.45) is 0 Å². The van der Waals surface area contributed by atoms with Crippen LogP contribution in [0, 0.1) is 0 Å². The van der Waals surface area contributed by atoms with Crippen molar-refractivity contribution in [3.63, 3.8) is 0 Å². The lowest BCUT2D eigenvalue weighted by Gasteiger charge is -2.04. The summed E-state index contributed by atoms with van der Waals surface area (Å²) in [4.78, 5) is 4.66. The molecule has 0 bridgehead atoms. The van der Waals surface area contributed by atoms with Crippen molar-refractivity contribution in [3.05, 3.63) is 71.9 Å². The Balaban J connectivity index is 0.000000798. The van der Waals surface area contributed by atoms with E-state index < -0.39 is 0 Å². The third kappa shape index (κ3) is 7.00. The molecular formula is C22H30BN. The standard InChI is InChI=1S/C16H12BN.3C2H6/c17-14-8-5-12(6-9-14)11-15-10-7-13-3-1-2-4-16(13)18-15;3*1-2/h1-10H,11H2;3*1-2H3. The van der Waals surface area contributed by atoms with Crippen molar-refractivity contribution in [3.8, 4) is 0 Å². The van der Waals surface area contributed by atoms with Crippen molar-refractivity contribution < 1.29 is 0 Å². The SMILES string of the molecule is CC.CC.CC.[B]c1ccc(Cc2ccc3ccccc3n2)cc1. The molecular weight excluding hydrogens is 289 g/mol. The molecule has 0 atom stereocenters. The lowest BCUT2D eigenvalue weighted by molar-refractivity contribution is 1.10. The summed E-state index contributed by atoms with van der Waals surface area (Å²) in [6, 6.07) is 20.3. The van der Waals surface area contributed by atoms with Crippen molar-refractivity contribution in [2.45, 2.75) is 48.0 Å². The quantitative estimate of drug-likeness (QED) is 0.552. The molecule has 126 valence electrons. The van der Waals surface area contributed by atoms with E-state index in [2.05, 4.69) is 23.2 Å². The topological polar surface area (TPSA) is 12.9 Å². The zero-order valence-electron chi connectivity index (χ0n) is 16.0. The first-order valence-corrected chi connectivity index (χ1v) is 9.00. The van der Waals surface area contributed by atoms with Crippen LogP contribution in [0.25, 0.3) is 10.9 Å². The molecule has 2 heteroatoms. The fourth-order valence-electron chi connectivity index (χ4n) is 2.05. The number of para-hydroxylation sites is 1. The minimum atomic E-state index is 0.797. The number of rotatable bonds is 2. The maximum absolute atomic E-state index is 5.68. The molecule has 0 amide bonds. The van der Waals surface area contributed by atoms with Crippen molar-refractivity contribution in [1.82, 2.24) is 4.98 Å². The van der Waals surface area contributed by atoms with E-state index in [1.54, 1.807) is 0 Å². The molecule has 0 fully saturated rings. The molecule has 2 radical (unpaired) electrons. The predicted octanol–water partition coefficient (Wildman–Crippen LogP) is 5.70. The maximum atomic E-state index is 5.68. The van der Waals surface area contributed by atoms with E-state index in [4.69, 9.17) is 7.85 Å². The monoisotopic (exact) mass is 319 g/mol. The van der Waals surface area contributed by atoms with Gasteiger partial charge in [0.05, 0.1) is 5.52 Å². The summed E-state index contributed by atoms with van der Waals surface area (Å²) in [6.45, 7) is 12.0. The van der Waals surface area contributed by atoms with Gasteiger partial charge in [-0.3, -0.25) is 4.98 Å². The Hall–Kier alpha value is -2.09. The Labute approximate surface area is 149 Å². The van der Waals surface area contributed by atoms with E-state index in [0.717, 1.165) is 23.1 Å². The number of benzene rings is 2. The first-order valence-electron chi connectivity index (χ1n) is 9.00. The lowest BCUT2D eigenvalue weighted by atomic mass is 9.94. The van der Waals surface area contributed by atoms with Crippen LogP contribution in [0.4, 0.5) is 0 Å². The van der Waals surface area contributed by atoms with Gasteiger partial charge in [-0.25, -0.2) is 0 Å². The van der Waals surface area contributed by atoms with Crippen molar-refractivity contribution in [2.75, 3.05) is 0 Å². The van der Waals surface area contributed by atoms with E-state index in [1.165, 1.54) is 10.9 Å². The van der Waals surface area contributed by atoms with Gasteiger partial charge in [-0.05, 0) is 17.7 Å². The third-order valence-corrected chi connectivity index (χ3v) is 3.02. The van der Waals surface area contributed by atoms with E-state index in [0.29, 0.717) is 0 Å². The van der Waals surface area contributed by atoms with Crippen LogP contribution < -0.4 is 5.46 Å². The highest BCUT2D eigenvalue weighted by Gasteiger charge is 1.99. The first-order chi connectivity index (χ1) is 11.8. The van der Waals surface area contributed by atoms with Gasteiger partial charge in [0.15, 0.2) is 0 Å². The molecule has 0 N–H and O–H groups in total. The van der Waals surface area contributed by atoms with Crippen LogP contribution in [-0.2, 0) is 6.42 Å². The van der Waals surface area contributed by atoms with Crippen LogP contribution >= 0.6 is 0 Å². The van der Waals surface area contributed by atoms with E-state index in [-0.39, 0.29) is 0 Å². The molecule has 1 nitrogen and oxygen atoms in total. The molecule has 3 aromatic rings. The van der Waals surface area contributed by atoms with Crippen molar-refractivity contribution >= 4 is 24.2 Å². The predicted molar refractivity (Wildman–Crippen MR) is 110 cm³/mol. The number of hydrogen-bond acceptors (Lipinski definition) is 1. The van der Waals surface area contributed by atoms with Crippen molar-refractivity contribution in [1.29, 1.82) is 0 Å². The van der Waals surface area contributed by atoms with Gasteiger partial charge in [0.25, 0.3) is 0 Å². The van der Waals surface area contributed by atoms with E-state index >= 15 is 0 Å². The molecule has 0 aliphatic carbocycles. The van der Waals surface area contributed by atoms with Gasteiger partial charge >= 0.3 is 0 Å². The number of nitrogens with zero attached hydrogens (tertiary/aromatic N) is 1. The van der Waals surface area contributed by atoms with E-state index in [9.17, 15) is 0 Å². The van der Waals surface area contributed by atoms with Gasteiger partial charge in [0.2, 0.25) is 0 Å². The zero-order chi connectivity index (χ0) is 18.4. The van der Waals surface area contributed by atoms with Gasteiger partial charge in [-0.15, -0.1) is 0 Å². The Morgan fingerprint density at radius 1 is 0.708 bits per heavy atom. The molecule has 1 aromatic heterocycles. The second kappa shape index (κ2) is 13.4. The van der Waals surface area contributed by atoms with Gasteiger partial charge in [0.1, 0.15) is 7.85 Å².